The second-order valence-corrected chi connectivity index (χ2v) is 8.84. The first-order chi connectivity index (χ1) is 13.5. The van der Waals surface area contributed by atoms with E-state index in [1.807, 2.05) is 0 Å². The lowest BCUT2D eigenvalue weighted by Crippen LogP contribution is -2.45. The van der Waals surface area contributed by atoms with Gasteiger partial charge < -0.3 is 10.6 Å². The molecule has 1 saturated heterocycles. The van der Waals surface area contributed by atoms with Crippen molar-refractivity contribution in [1.82, 2.24) is 15.5 Å². The number of carbonyl (C=O) groups is 2. The topological polar surface area (TPSA) is 61.4 Å². The van der Waals surface area contributed by atoms with Gasteiger partial charge in [-0.1, -0.05) is 11.6 Å². The molecule has 1 heterocycles. The number of likely N-dealkylation sites (tertiary alicyclic amines) is 1. The SMILES string of the molecule is O=C(C[C@H]1CC[C@@H](CNC(=O)c2ccc(Cl)cc2F)N1CC1CC1)NC1CC1. The summed E-state index contributed by atoms with van der Waals surface area (Å²) in [6.07, 6.45) is 7.10. The van der Waals surface area contributed by atoms with Gasteiger partial charge in [0, 0.05) is 42.7 Å². The minimum atomic E-state index is -0.610. The Hall–Kier alpha value is -1.66. The van der Waals surface area contributed by atoms with Crippen molar-refractivity contribution < 1.29 is 14.0 Å². The van der Waals surface area contributed by atoms with Crippen LogP contribution in [0.25, 0.3) is 0 Å². The van der Waals surface area contributed by atoms with Gasteiger partial charge in [-0.2, -0.15) is 0 Å². The molecule has 5 nitrogen and oxygen atoms in total. The zero-order chi connectivity index (χ0) is 19.7. The van der Waals surface area contributed by atoms with E-state index in [1.54, 1.807) is 0 Å². The van der Waals surface area contributed by atoms with Crippen molar-refractivity contribution in [3.05, 3.63) is 34.6 Å². The molecular formula is C21H27ClFN3O2. The van der Waals surface area contributed by atoms with E-state index in [0.29, 0.717) is 24.9 Å². The van der Waals surface area contributed by atoms with Crippen molar-refractivity contribution in [3.63, 3.8) is 0 Å². The van der Waals surface area contributed by atoms with Crippen LogP contribution in [-0.2, 0) is 4.79 Å². The number of halogens is 2. The Morgan fingerprint density at radius 2 is 1.86 bits per heavy atom. The molecule has 4 rings (SSSR count). The van der Waals surface area contributed by atoms with E-state index in [2.05, 4.69) is 15.5 Å². The predicted molar refractivity (Wildman–Crippen MR) is 106 cm³/mol. The van der Waals surface area contributed by atoms with Gasteiger partial charge in [0.15, 0.2) is 0 Å². The molecule has 0 bridgehead atoms. The number of carbonyl (C=O) groups excluding carboxylic acids is 2. The monoisotopic (exact) mass is 407 g/mol. The van der Waals surface area contributed by atoms with E-state index in [1.165, 1.54) is 25.0 Å². The fourth-order valence-electron chi connectivity index (χ4n) is 4.06. The lowest BCUT2D eigenvalue weighted by molar-refractivity contribution is -0.122. The maximum absolute atomic E-state index is 14.0. The first kappa shape index (κ1) is 19.6. The predicted octanol–water partition coefficient (Wildman–Crippen LogP) is 3.12. The van der Waals surface area contributed by atoms with Gasteiger partial charge in [0.25, 0.3) is 5.91 Å². The van der Waals surface area contributed by atoms with Crippen LogP contribution in [0.15, 0.2) is 18.2 Å². The van der Waals surface area contributed by atoms with Crippen LogP contribution in [0.5, 0.6) is 0 Å². The molecule has 0 spiro atoms. The van der Waals surface area contributed by atoms with Gasteiger partial charge in [-0.25, -0.2) is 4.39 Å². The molecule has 0 radical (unpaired) electrons. The highest BCUT2D eigenvalue weighted by molar-refractivity contribution is 6.30. The highest BCUT2D eigenvalue weighted by Crippen LogP contribution is 2.35. The molecule has 152 valence electrons. The van der Waals surface area contributed by atoms with Crippen LogP contribution >= 0.6 is 11.6 Å². The van der Waals surface area contributed by atoms with Gasteiger partial charge in [0.05, 0.1) is 5.56 Å². The molecule has 7 heteroatoms. The number of amides is 2. The highest BCUT2D eigenvalue weighted by atomic mass is 35.5. The van der Waals surface area contributed by atoms with Gasteiger partial charge in [-0.15, -0.1) is 0 Å². The fourth-order valence-corrected chi connectivity index (χ4v) is 4.22. The Morgan fingerprint density at radius 3 is 2.54 bits per heavy atom. The molecule has 2 saturated carbocycles. The second-order valence-electron chi connectivity index (χ2n) is 8.41. The van der Waals surface area contributed by atoms with E-state index in [0.717, 1.165) is 38.3 Å². The van der Waals surface area contributed by atoms with E-state index < -0.39 is 11.7 Å². The fraction of sp³-hybridized carbons (Fsp3) is 0.619. The maximum atomic E-state index is 14.0. The summed E-state index contributed by atoms with van der Waals surface area (Å²) in [6.45, 7) is 1.45. The summed E-state index contributed by atoms with van der Waals surface area (Å²) in [5.41, 5.74) is 0.0106. The minimum absolute atomic E-state index is 0.0106. The summed E-state index contributed by atoms with van der Waals surface area (Å²) < 4.78 is 14.0. The highest BCUT2D eigenvalue weighted by Gasteiger charge is 2.38. The third kappa shape index (κ3) is 5.03. The molecule has 3 fully saturated rings. The number of hydrogen-bond acceptors (Lipinski definition) is 3. The normalized spacial score (nSPS) is 24.9. The van der Waals surface area contributed by atoms with Gasteiger partial charge in [-0.3, -0.25) is 14.5 Å². The zero-order valence-corrected chi connectivity index (χ0v) is 16.7. The van der Waals surface area contributed by atoms with Crippen molar-refractivity contribution >= 4 is 23.4 Å². The summed E-state index contributed by atoms with van der Waals surface area (Å²) in [7, 11) is 0. The largest absolute Gasteiger partial charge is 0.353 e. The molecule has 2 amide bonds. The number of rotatable bonds is 8. The molecule has 2 aliphatic carbocycles. The van der Waals surface area contributed by atoms with Crippen LogP contribution in [0.2, 0.25) is 5.02 Å². The summed E-state index contributed by atoms with van der Waals surface area (Å²) in [6, 6.07) is 4.89. The molecule has 3 aliphatic rings. The second kappa shape index (κ2) is 8.37. The minimum Gasteiger partial charge on any atom is -0.353 e. The molecule has 2 atom stereocenters. The molecule has 1 aromatic carbocycles. The van der Waals surface area contributed by atoms with Crippen LogP contribution in [-0.4, -0.2) is 47.9 Å². The van der Waals surface area contributed by atoms with Crippen LogP contribution in [0.4, 0.5) is 4.39 Å². The van der Waals surface area contributed by atoms with Crippen LogP contribution in [0.3, 0.4) is 0 Å². The molecular weight excluding hydrogens is 381 g/mol. The van der Waals surface area contributed by atoms with Crippen molar-refractivity contribution in [3.8, 4) is 0 Å². The van der Waals surface area contributed by atoms with Gasteiger partial charge >= 0.3 is 0 Å². The van der Waals surface area contributed by atoms with Crippen molar-refractivity contribution in [1.29, 1.82) is 0 Å². The number of hydrogen-bond donors (Lipinski definition) is 2. The molecule has 0 aromatic heterocycles. The Morgan fingerprint density at radius 1 is 1.11 bits per heavy atom. The summed E-state index contributed by atoms with van der Waals surface area (Å²) in [5, 5.41) is 6.23. The number of benzene rings is 1. The third-order valence-corrected chi connectivity index (χ3v) is 6.21. The van der Waals surface area contributed by atoms with E-state index in [4.69, 9.17) is 11.6 Å². The van der Waals surface area contributed by atoms with E-state index in [9.17, 15) is 14.0 Å². The van der Waals surface area contributed by atoms with Crippen molar-refractivity contribution in [2.24, 2.45) is 5.92 Å². The van der Waals surface area contributed by atoms with Gasteiger partial charge in [0.2, 0.25) is 5.91 Å². The third-order valence-electron chi connectivity index (χ3n) is 5.97. The van der Waals surface area contributed by atoms with Crippen molar-refractivity contribution in [2.75, 3.05) is 13.1 Å². The Labute approximate surface area is 170 Å². The zero-order valence-electron chi connectivity index (χ0n) is 15.9. The molecule has 0 unspecified atom stereocenters. The first-order valence-corrected chi connectivity index (χ1v) is 10.7. The first-order valence-electron chi connectivity index (χ1n) is 10.3. The van der Waals surface area contributed by atoms with Crippen LogP contribution in [0, 0.1) is 11.7 Å². The summed E-state index contributed by atoms with van der Waals surface area (Å²) >= 11 is 5.76. The van der Waals surface area contributed by atoms with Crippen LogP contribution in [0.1, 0.15) is 55.3 Å². The van der Waals surface area contributed by atoms with E-state index >= 15 is 0 Å². The lowest BCUT2D eigenvalue weighted by Gasteiger charge is -2.30. The molecule has 2 N–H and O–H groups in total. The number of nitrogens with zero attached hydrogens (tertiary/aromatic N) is 1. The summed E-state index contributed by atoms with van der Waals surface area (Å²) in [4.78, 5) is 27.1. The number of nitrogens with one attached hydrogen (secondary N) is 2. The molecule has 28 heavy (non-hydrogen) atoms. The van der Waals surface area contributed by atoms with Crippen LogP contribution < -0.4 is 10.6 Å². The Bertz CT molecular complexity index is 751. The Kier molecular flexibility index (Phi) is 5.88. The summed E-state index contributed by atoms with van der Waals surface area (Å²) in [5.74, 6) is -0.184. The Balaban J connectivity index is 1.34. The average Bonchev–Trinajstić information content (AvgIpc) is 3.55. The average molecular weight is 408 g/mol. The van der Waals surface area contributed by atoms with Crippen molar-refractivity contribution in [2.45, 2.75) is 63.1 Å². The lowest BCUT2D eigenvalue weighted by atomic mass is 10.1. The quantitative estimate of drug-likeness (QED) is 0.696. The van der Waals surface area contributed by atoms with E-state index in [-0.39, 0.29) is 28.6 Å². The van der Waals surface area contributed by atoms with Gasteiger partial charge in [-0.05, 0) is 62.6 Å². The molecule has 1 aromatic rings. The van der Waals surface area contributed by atoms with Gasteiger partial charge in [0.1, 0.15) is 5.82 Å². The smallest absolute Gasteiger partial charge is 0.254 e. The standard InChI is InChI=1S/C21H27ClFN3O2/c22-14-3-8-18(19(23)9-14)21(28)24-11-17-7-6-16(26(17)12-13-1-2-13)10-20(27)25-15-4-5-15/h3,8-9,13,15-17H,1-2,4-7,10-12H2,(H,24,28)(H,25,27)/t16-,17+/m1/s1. The molecule has 1 aliphatic heterocycles. The maximum Gasteiger partial charge on any atom is 0.254 e.